The van der Waals surface area contributed by atoms with Crippen LogP contribution in [0.1, 0.15) is 0 Å². The lowest BCUT2D eigenvalue weighted by Crippen LogP contribution is -2.32. The number of carboxylic acids is 2. The molecule has 0 fully saturated rings. The van der Waals surface area contributed by atoms with Crippen LogP contribution in [0.15, 0.2) is 22.3 Å². The molecule has 0 heterocycles. The summed E-state index contributed by atoms with van der Waals surface area (Å²) in [4.78, 5) is 21.3. The van der Waals surface area contributed by atoms with Crippen molar-refractivity contribution in [3.05, 3.63) is 22.3 Å². The summed E-state index contributed by atoms with van der Waals surface area (Å²) >= 11 is 5.45. The quantitative estimate of drug-likeness (QED) is 0.503. The Morgan fingerprint density at radius 3 is 2.13 bits per heavy atom. The van der Waals surface area contributed by atoms with Crippen LogP contribution in [0.3, 0.4) is 0 Å². The topological polar surface area (TPSA) is 115 Å². The number of hydrogen-bond donors (Lipinski definition) is 4. The van der Waals surface area contributed by atoms with Gasteiger partial charge in [0.25, 0.3) is 0 Å². The molecule has 0 aromatic rings. The molecule has 0 bridgehead atoms. The van der Waals surface area contributed by atoms with Gasteiger partial charge in [-0.25, -0.2) is 9.59 Å². The van der Waals surface area contributed by atoms with E-state index in [-0.39, 0.29) is 0 Å². The summed E-state index contributed by atoms with van der Waals surface area (Å²) in [7, 11) is 0. The molecule has 0 saturated heterocycles. The maximum atomic E-state index is 10.7. The number of carbonyl (C=O) groups is 2. The van der Waals surface area contributed by atoms with Gasteiger partial charge in [0.2, 0.25) is 0 Å². The van der Waals surface area contributed by atoms with Crippen molar-refractivity contribution in [2.75, 3.05) is 0 Å². The first-order valence-electron chi connectivity index (χ1n) is 3.80. The summed E-state index contributed by atoms with van der Waals surface area (Å²) < 4.78 is 0. The van der Waals surface area contributed by atoms with E-state index in [0.29, 0.717) is 0 Å². The van der Waals surface area contributed by atoms with Crippen LogP contribution in [0.25, 0.3) is 0 Å². The lowest BCUT2D eigenvalue weighted by Gasteiger charge is -2.22. The van der Waals surface area contributed by atoms with Crippen LogP contribution < -0.4 is 0 Å². The van der Waals surface area contributed by atoms with Crippen LogP contribution in [0, 0.1) is 0 Å². The van der Waals surface area contributed by atoms with Crippen molar-refractivity contribution in [1.29, 1.82) is 0 Å². The van der Waals surface area contributed by atoms with E-state index in [0.717, 1.165) is 6.08 Å². The van der Waals surface area contributed by atoms with Crippen LogP contribution in [-0.4, -0.2) is 44.6 Å². The summed E-state index contributed by atoms with van der Waals surface area (Å²) in [5.41, 5.74) is -1.34. The number of aliphatic carboxylic acids is 2. The molecular formula is C8H7ClO6. The molecule has 0 aromatic carbocycles. The fourth-order valence-electron chi connectivity index (χ4n) is 1.17. The molecule has 0 saturated carbocycles. The molecule has 0 aliphatic heterocycles. The maximum Gasteiger partial charge on any atom is 0.337 e. The highest BCUT2D eigenvalue weighted by Gasteiger charge is 2.34. The maximum absolute atomic E-state index is 10.7. The first kappa shape index (κ1) is 11.7. The number of rotatable bonds is 2. The minimum atomic E-state index is -1.61. The van der Waals surface area contributed by atoms with Gasteiger partial charge in [0.15, 0.2) is 0 Å². The third-order valence-corrected chi connectivity index (χ3v) is 2.29. The van der Waals surface area contributed by atoms with E-state index >= 15 is 0 Å². The van der Waals surface area contributed by atoms with Gasteiger partial charge in [-0.05, 0) is 6.08 Å². The molecule has 7 heteroatoms. The van der Waals surface area contributed by atoms with E-state index < -0.39 is 40.3 Å². The van der Waals surface area contributed by atoms with E-state index in [1.54, 1.807) is 0 Å². The van der Waals surface area contributed by atoms with E-state index in [1.165, 1.54) is 0 Å². The number of carboxylic acid groups (broad SMARTS) is 2. The monoisotopic (exact) mass is 234 g/mol. The van der Waals surface area contributed by atoms with Crippen molar-refractivity contribution in [1.82, 2.24) is 0 Å². The van der Waals surface area contributed by atoms with Crippen molar-refractivity contribution < 1.29 is 30.0 Å². The Morgan fingerprint density at radius 1 is 1.20 bits per heavy atom. The van der Waals surface area contributed by atoms with Crippen molar-refractivity contribution >= 4 is 23.5 Å². The molecule has 6 nitrogen and oxygen atoms in total. The normalized spacial score (nSPS) is 26.2. The lowest BCUT2D eigenvalue weighted by molar-refractivity contribution is -0.136. The molecule has 0 unspecified atom stereocenters. The Balaban J connectivity index is 3.32. The van der Waals surface area contributed by atoms with Crippen LogP contribution in [-0.2, 0) is 9.59 Å². The number of hydrogen-bond acceptors (Lipinski definition) is 4. The Hall–Kier alpha value is -1.37. The summed E-state index contributed by atoms with van der Waals surface area (Å²) in [5.74, 6) is -3.10. The van der Waals surface area contributed by atoms with Gasteiger partial charge in [0.05, 0.1) is 16.2 Å². The molecule has 2 atom stereocenters. The average Bonchev–Trinajstić information content (AvgIpc) is 2.12. The third-order valence-electron chi connectivity index (χ3n) is 1.87. The van der Waals surface area contributed by atoms with E-state index in [2.05, 4.69) is 0 Å². The second-order valence-electron chi connectivity index (χ2n) is 2.85. The Labute approximate surface area is 88.7 Å². The number of aliphatic hydroxyl groups is 2. The van der Waals surface area contributed by atoms with Crippen LogP contribution in [0.2, 0.25) is 0 Å². The zero-order chi connectivity index (χ0) is 11.7. The van der Waals surface area contributed by atoms with Gasteiger partial charge in [-0.15, -0.1) is 0 Å². The average molecular weight is 235 g/mol. The standard InChI is InChI=1S/C8H7ClO6/c9-5-4(8(14)15)2(7(12)13)1-3(10)6(5)11/h1,3,6,10-11H,(H,12,13)(H,14,15)/t3-,6-/m1/s1. The predicted octanol–water partition coefficient (Wildman–Crippen LogP) is -0.690. The van der Waals surface area contributed by atoms with Crippen molar-refractivity contribution in [2.45, 2.75) is 12.2 Å². The molecule has 1 aliphatic carbocycles. The second-order valence-corrected chi connectivity index (χ2v) is 3.26. The van der Waals surface area contributed by atoms with Gasteiger partial charge in [-0.1, -0.05) is 11.6 Å². The second kappa shape index (κ2) is 4.01. The van der Waals surface area contributed by atoms with Gasteiger partial charge in [-0.3, -0.25) is 0 Å². The fraction of sp³-hybridized carbons (Fsp3) is 0.250. The molecule has 1 rings (SSSR count). The van der Waals surface area contributed by atoms with E-state index in [1.807, 2.05) is 0 Å². The van der Waals surface area contributed by atoms with Crippen molar-refractivity contribution in [2.24, 2.45) is 0 Å². The van der Waals surface area contributed by atoms with Crippen LogP contribution >= 0.6 is 11.6 Å². The van der Waals surface area contributed by atoms with E-state index in [4.69, 9.17) is 26.9 Å². The molecule has 82 valence electrons. The van der Waals surface area contributed by atoms with Crippen molar-refractivity contribution in [3.8, 4) is 0 Å². The predicted molar refractivity (Wildman–Crippen MR) is 48.2 cm³/mol. The highest BCUT2D eigenvalue weighted by molar-refractivity contribution is 6.34. The smallest absolute Gasteiger partial charge is 0.337 e. The minimum absolute atomic E-state index is 0.588. The largest absolute Gasteiger partial charge is 0.478 e. The lowest BCUT2D eigenvalue weighted by atomic mass is 9.94. The summed E-state index contributed by atoms with van der Waals surface area (Å²) in [6, 6.07) is 0. The number of aliphatic hydroxyl groups excluding tert-OH is 2. The zero-order valence-corrected chi connectivity index (χ0v) is 7.97. The van der Waals surface area contributed by atoms with Crippen LogP contribution in [0.5, 0.6) is 0 Å². The molecule has 0 aromatic heterocycles. The van der Waals surface area contributed by atoms with Gasteiger partial charge in [0, 0.05) is 0 Å². The van der Waals surface area contributed by atoms with Gasteiger partial charge in [-0.2, -0.15) is 0 Å². The number of halogens is 1. The van der Waals surface area contributed by atoms with Crippen LogP contribution in [0.4, 0.5) is 0 Å². The molecular weight excluding hydrogens is 228 g/mol. The van der Waals surface area contributed by atoms with Crippen molar-refractivity contribution in [3.63, 3.8) is 0 Å². The summed E-state index contributed by atoms with van der Waals surface area (Å²) in [6.45, 7) is 0. The molecule has 4 N–H and O–H groups in total. The minimum Gasteiger partial charge on any atom is -0.478 e. The zero-order valence-electron chi connectivity index (χ0n) is 7.22. The molecule has 15 heavy (non-hydrogen) atoms. The Kier molecular flexibility index (Phi) is 3.13. The molecule has 0 spiro atoms. The first-order valence-corrected chi connectivity index (χ1v) is 4.18. The third kappa shape index (κ3) is 2.01. The molecule has 1 aliphatic rings. The van der Waals surface area contributed by atoms with Gasteiger partial charge < -0.3 is 20.4 Å². The molecule has 0 amide bonds. The van der Waals surface area contributed by atoms with Gasteiger partial charge >= 0.3 is 11.9 Å². The SMILES string of the molecule is O=C(O)C1=C[C@@H](O)[C@@H](O)C(Cl)=C1C(=O)O. The summed E-state index contributed by atoms with van der Waals surface area (Å²) in [6.07, 6.45) is -2.39. The van der Waals surface area contributed by atoms with Gasteiger partial charge in [0.1, 0.15) is 12.2 Å². The molecule has 0 radical (unpaired) electrons. The highest BCUT2D eigenvalue weighted by atomic mass is 35.5. The Morgan fingerprint density at radius 2 is 1.73 bits per heavy atom. The Bertz CT molecular complexity index is 383. The van der Waals surface area contributed by atoms with E-state index in [9.17, 15) is 14.7 Å². The first-order chi connectivity index (χ1) is 6.86. The highest BCUT2D eigenvalue weighted by Crippen LogP contribution is 2.29. The fourth-order valence-corrected chi connectivity index (χ4v) is 1.48. The summed E-state index contributed by atoms with van der Waals surface area (Å²) in [5, 5.41) is 35.2.